The van der Waals surface area contributed by atoms with E-state index in [4.69, 9.17) is 4.42 Å². The number of urea groups is 1. The van der Waals surface area contributed by atoms with Gasteiger partial charge in [0, 0.05) is 18.1 Å². The van der Waals surface area contributed by atoms with Gasteiger partial charge in [0.25, 0.3) is 0 Å². The van der Waals surface area contributed by atoms with E-state index >= 15 is 0 Å². The molecule has 1 aromatic carbocycles. The molecule has 2 atom stereocenters. The number of alkyl halides is 3. The van der Waals surface area contributed by atoms with Crippen LogP contribution in [0.2, 0.25) is 0 Å². The molecule has 4 rings (SSSR count). The summed E-state index contributed by atoms with van der Waals surface area (Å²) in [6.45, 7) is 0.750. The quantitative estimate of drug-likeness (QED) is 0.750. The summed E-state index contributed by atoms with van der Waals surface area (Å²) < 4.78 is 44.9. The number of nitrogens with zero attached hydrogens (tertiary/aromatic N) is 1. The molecule has 2 saturated heterocycles. The standard InChI is InChI=1S/C21H24F3N3O2/c22-21(23,24)18-8-1-2-9-19(18)26-20(28)25-14-11-15-5-3-6-16(12-14)27(15)13-17-7-4-10-29-17/h1-2,4,7-10,14-16H,3,5-6,11-13H2,(H2,25,26,28)/t15-,16-/m1/s1. The maximum atomic E-state index is 13.1. The first-order chi connectivity index (χ1) is 13.9. The number of amides is 2. The summed E-state index contributed by atoms with van der Waals surface area (Å²) in [5, 5.41) is 5.27. The van der Waals surface area contributed by atoms with Gasteiger partial charge < -0.3 is 15.1 Å². The van der Waals surface area contributed by atoms with E-state index in [1.165, 1.54) is 18.2 Å². The van der Waals surface area contributed by atoms with Gasteiger partial charge in [0.1, 0.15) is 5.76 Å². The van der Waals surface area contributed by atoms with Crippen LogP contribution in [-0.4, -0.2) is 29.1 Å². The Hall–Kier alpha value is -2.48. The predicted molar refractivity (Wildman–Crippen MR) is 102 cm³/mol. The summed E-state index contributed by atoms with van der Waals surface area (Å²) in [6, 6.07) is 8.87. The number of benzene rings is 1. The molecule has 2 fully saturated rings. The zero-order valence-electron chi connectivity index (χ0n) is 15.9. The second-order valence-corrected chi connectivity index (χ2v) is 7.80. The number of carbonyl (C=O) groups excluding carboxylic acids is 1. The highest BCUT2D eigenvalue weighted by Crippen LogP contribution is 2.36. The lowest BCUT2D eigenvalue weighted by molar-refractivity contribution is -0.136. The number of carbonyl (C=O) groups is 1. The molecule has 2 bridgehead atoms. The molecule has 8 heteroatoms. The van der Waals surface area contributed by atoms with E-state index in [0.717, 1.165) is 50.5 Å². The number of hydrogen-bond acceptors (Lipinski definition) is 3. The fourth-order valence-corrected chi connectivity index (χ4v) is 4.62. The van der Waals surface area contributed by atoms with Crippen LogP contribution in [0.15, 0.2) is 47.1 Å². The van der Waals surface area contributed by atoms with Crippen LogP contribution in [0.5, 0.6) is 0 Å². The lowest BCUT2D eigenvalue weighted by Crippen LogP contribution is -2.56. The van der Waals surface area contributed by atoms with Crippen molar-refractivity contribution in [3.63, 3.8) is 0 Å². The average molecular weight is 407 g/mol. The van der Waals surface area contributed by atoms with Crippen LogP contribution in [0.25, 0.3) is 0 Å². The van der Waals surface area contributed by atoms with Crippen molar-refractivity contribution >= 4 is 11.7 Å². The zero-order chi connectivity index (χ0) is 20.4. The van der Waals surface area contributed by atoms with Crippen molar-refractivity contribution in [2.24, 2.45) is 0 Å². The third-order valence-corrected chi connectivity index (χ3v) is 5.86. The van der Waals surface area contributed by atoms with Gasteiger partial charge in [-0.3, -0.25) is 4.90 Å². The number of piperidine rings is 2. The summed E-state index contributed by atoms with van der Waals surface area (Å²) in [4.78, 5) is 14.8. The van der Waals surface area contributed by atoms with Crippen LogP contribution in [0.3, 0.4) is 0 Å². The Morgan fingerprint density at radius 1 is 1.10 bits per heavy atom. The normalized spacial score (nSPS) is 24.9. The number of anilines is 1. The third-order valence-electron chi connectivity index (χ3n) is 5.86. The van der Waals surface area contributed by atoms with Crippen LogP contribution in [0.1, 0.15) is 43.4 Å². The van der Waals surface area contributed by atoms with E-state index in [-0.39, 0.29) is 11.7 Å². The molecule has 2 aromatic rings. The van der Waals surface area contributed by atoms with Crippen LogP contribution >= 0.6 is 0 Å². The van der Waals surface area contributed by atoms with Gasteiger partial charge in [0.2, 0.25) is 0 Å². The molecule has 29 heavy (non-hydrogen) atoms. The largest absolute Gasteiger partial charge is 0.468 e. The van der Waals surface area contributed by atoms with Crippen molar-refractivity contribution in [3.8, 4) is 0 Å². The lowest BCUT2D eigenvalue weighted by Gasteiger charge is -2.48. The van der Waals surface area contributed by atoms with Crippen LogP contribution in [0, 0.1) is 0 Å². The molecular weight excluding hydrogens is 383 g/mol. The molecular formula is C21H24F3N3O2. The Balaban J connectivity index is 1.38. The number of rotatable bonds is 4. The number of fused-ring (bicyclic) bond motifs is 2. The van der Waals surface area contributed by atoms with Gasteiger partial charge in [-0.2, -0.15) is 13.2 Å². The molecule has 0 saturated carbocycles. The van der Waals surface area contributed by atoms with Crippen molar-refractivity contribution in [1.29, 1.82) is 0 Å². The first-order valence-electron chi connectivity index (χ1n) is 9.92. The fourth-order valence-electron chi connectivity index (χ4n) is 4.62. The Labute approximate surface area is 167 Å². The molecule has 0 unspecified atom stereocenters. The first kappa shape index (κ1) is 19.8. The van der Waals surface area contributed by atoms with E-state index in [2.05, 4.69) is 15.5 Å². The van der Waals surface area contributed by atoms with Gasteiger partial charge in [0.15, 0.2) is 0 Å². The third kappa shape index (κ3) is 4.58. The highest BCUT2D eigenvalue weighted by Gasteiger charge is 2.39. The maximum absolute atomic E-state index is 13.1. The summed E-state index contributed by atoms with van der Waals surface area (Å²) in [6.07, 6.45) is 1.97. The summed E-state index contributed by atoms with van der Waals surface area (Å²) >= 11 is 0. The fraction of sp³-hybridized carbons (Fsp3) is 0.476. The SMILES string of the molecule is O=C(Nc1ccccc1C(F)(F)F)NC1C[C@H]2CCC[C@H](C1)N2Cc1ccco1. The summed E-state index contributed by atoms with van der Waals surface area (Å²) in [5.41, 5.74) is -1.08. The average Bonchev–Trinajstić information content (AvgIpc) is 3.15. The van der Waals surface area contributed by atoms with Gasteiger partial charge in [-0.05, 0) is 49.9 Å². The lowest BCUT2D eigenvalue weighted by atomic mass is 9.81. The number of hydrogen-bond donors (Lipinski definition) is 2. The number of furan rings is 1. The van der Waals surface area contributed by atoms with Crippen LogP contribution < -0.4 is 10.6 Å². The van der Waals surface area contributed by atoms with Gasteiger partial charge in [-0.1, -0.05) is 18.6 Å². The number of halogens is 3. The Bertz CT molecular complexity index is 824. The highest BCUT2D eigenvalue weighted by atomic mass is 19.4. The van der Waals surface area contributed by atoms with Gasteiger partial charge in [-0.15, -0.1) is 0 Å². The number of para-hydroxylation sites is 1. The van der Waals surface area contributed by atoms with Crippen LogP contribution in [-0.2, 0) is 12.7 Å². The van der Waals surface area contributed by atoms with E-state index < -0.39 is 17.8 Å². The smallest absolute Gasteiger partial charge is 0.418 e. The minimum atomic E-state index is -4.52. The molecule has 2 N–H and O–H groups in total. The van der Waals surface area contributed by atoms with Crippen molar-refractivity contribution < 1.29 is 22.4 Å². The molecule has 5 nitrogen and oxygen atoms in total. The molecule has 0 spiro atoms. The maximum Gasteiger partial charge on any atom is 0.418 e. The van der Waals surface area contributed by atoms with Crippen molar-refractivity contribution in [1.82, 2.24) is 10.2 Å². The van der Waals surface area contributed by atoms with Gasteiger partial charge in [-0.25, -0.2) is 4.79 Å². The first-order valence-corrected chi connectivity index (χ1v) is 9.92. The Kier molecular flexibility index (Phi) is 5.54. The summed E-state index contributed by atoms with van der Waals surface area (Å²) in [7, 11) is 0. The molecule has 2 aliphatic rings. The van der Waals surface area contributed by atoms with Crippen LogP contribution in [0.4, 0.5) is 23.7 Å². The van der Waals surface area contributed by atoms with E-state index in [1.54, 1.807) is 6.26 Å². The topological polar surface area (TPSA) is 57.5 Å². The molecule has 1 aromatic heterocycles. The molecule has 0 radical (unpaired) electrons. The van der Waals surface area contributed by atoms with Crippen molar-refractivity contribution in [2.75, 3.05) is 5.32 Å². The molecule has 2 amide bonds. The highest BCUT2D eigenvalue weighted by molar-refractivity contribution is 5.90. The molecule has 2 aliphatic heterocycles. The molecule has 156 valence electrons. The van der Waals surface area contributed by atoms with Gasteiger partial charge >= 0.3 is 12.2 Å². The Morgan fingerprint density at radius 3 is 2.48 bits per heavy atom. The second kappa shape index (κ2) is 8.10. The summed E-state index contributed by atoms with van der Waals surface area (Å²) in [5.74, 6) is 0.926. The van der Waals surface area contributed by atoms with E-state index in [1.807, 2.05) is 12.1 Å². The molecule has 0 aliphatic carbocycles. The molecule has 3 heterocycles. The van der Waals surface area contributed by atoms with E-state index in [0.29, 0.717) is 12.1 Å². The van der Waals surface area contributed by atoms with Gasteiger partial charge in [0.05, 0.1) is 24.1 Å². The van der Waals surface area contributed by atoms with E-state index in [9.17, 15) is 18.0 Å². The monoisotopic (exact) mass is 407 g/mol. The van der Waals surface area contributed by atoms with Crippen molar-refractivity contribution in [3.05, 3.63) is 54.0 Å². The second-order valence-electron chi connectivity index (χ2n) is 7.80. The zero-order valence-corrected chi connectivity index (χ0v) is 15.9. The minimum Gasteiger partial charge on any atom is -0.468 e. The minimum absolute atomic E-state index is 0.0591. The number of nitrogens with one attached hydrogen (secondary N) is 2. The van der Waals surface area contributed by atoms with Crippen molar-refractivity contribution in [2.45, 2.75) is 63.0 Å². The predicted octanol–water partition coefficient (Wildman–Crippen LogP) is 5.01. The Morgan fingerprint density at radius 2 is 1.83 bits per heavy atom.